The SMILES string of the molecule is NC(=NN=Cc1ccc(F)cc1OCc1ccc(F)c(F)c1)SCc1ccccc1. The van der Waals surface area contributed by atoms with Gasteiger partial charge in [0.2, 0.25) is 0 Å². The molecular weight excluding hydrogens is 411 g/mol. The normalized spacial score (nSPS) is 11.8. The Bertz CT molecular complexity index is 1060. The number of rotatable bonds is 7. The number of nitrogens with zero attached hydrogens (tertiary/aromatic N) is 2. The van der Waals surface area contributed by atoms with Gasteiger partial charge in [0.15, 0.2) is 16.8 Å². The van der Waals surface area contributed by atoms with Gasteiger partial charge in [-0.3, -0.25) is 0 Å². The third kappa shape index (κ3) is 6.38. The molecule has 0 aromatic heterocycles. The molecule has 154 valence electrons. The maximum atomic E-state index is 13.6. The first-order valence-electron chi connectivity index (χ1n) is 8.91. The zero-order chi connectivity index (χ0) is 21.3. The number of amidine groups is 1. The van der Waals surface area contributed by atoms with Crippen LogP contribution in [-0.4, -0.2) is 11.4 Å². The Balaban J connectivity index is 1.64. The summed E-state index contributed by atoms with van der Waals surface area (Å²) in [5.41, 5.74) is 7.82. The highest BCUT2D eigenvalue weighted by molar-refractivity contribution is 8.13. The van der Waals surface area contributed by atoms with Crippen LogP contribution in [0.3, 0.4) is 0 Å². The summed E-state index contributed by atoms with van der Waals surface area (Å²) in [7, 11) is 0. The molecule has 0 atom stereocenters. The number of hydrogen-bond donors (Lipinski definition) is 1. The first-order chi connectivity index (χ1) is 14.5. The highest BCUT2D eigenvalue weighted by Gasteiger charge is 2.07. The van der Waals surface area contributed by atoms with Crippen LogP contribution in [0.2, 0.25) is 0 Å². The van der Waals surface area contributed by atoms with E-state index in [1.807, 2.05) is 30.3 Å². The number of ether oxygens (including phenoxy) is 1. The third-order valence-corrected chi connectivity index (χ3v) is 4.79. The molecule has 3 rings (SSSR count). The lowest BCUT2D eigenvalue weighted by molar-refractivity contribution is 0.303. The van der Waals surface area contributed by atoms with Crippen molar-refractivity contribution in [2.45, 2.75) is 12.4 Å². The van der Waals surface area contributed by atoms with Gasteiger partial charge in [-0.05, 0) is 35.4 Å². The van der Waals surface area contributed by atoms with Crippen LogP contribution in [0.4, 0.5) is 13.2 Å². The lowest BCUT2D eigenvalue weighted by Crippen LogP contribution is -2.06. The van der Waals surface area contributed by atoms with E-state index in [9.17, 15) is 13.2 Å². The molecular formula is C22H18F3N3OS. The van der Waals surface area contributed by atoms with E-state index >= 15 is 0 Å². The predicted molar refractivity (Wildman–Crippen MR) is 114 cm³/mol. The quantitative estimate of drug-likeness (QED) is 0.316. The summed E-state index contributed by atoms with van der Waals surface area (Å²) >= 11 is 1.34. The Hall–Kier alpha value is -3.26. The molecule has 0 saturated heterocycles. The van der Waals surface area contributed by atoms with Crippen molar-refractivity contribution in [3.8, 4) is 5.75 Å². The number of benzene rings is 3. The van der Waals surface area contributed by atoms with Gasteiger partial charge in [-0.2, -0.15) is 5.10 Å². The zero-order valence-electron chi connectivity index (χ0n) is 15.8. The lowest BCUT2D eigenvalue weighted by atomic mass is 10.2. The third-order valence-electron chi connectivity index (χ3n) is 3.94. The van der Waals surface area contributed by atoms with Crippen LogP contribution in [0, 0.1) is 17.5 Å². The second kappa shape index (κ2) is 10.5. The van der Waals surface area contributed by atoms with Gasteiger partial charge in [-0.15, -0.1) is 5.10 Å². The Morgan fingerprint density at radius 3 is 2.50 bits per heavy atom. The smallest absolute Gasteiger partial charge is 0.180 e. The maximum absolute atomic E-state index is 13.6. The van der Waals surface area contributed by atoms with Crippen molar-refractivity contribution in [3.63, 3.8) is 0 Å². The fourth-order valence-corrected chi connectivity index (χ4v) is 3.05. The minimum Gasteiger partial charge on any atom is -0.488 e. The Labute approximate surface area is 176 Å². The molecule has 0 amide bonds. The van der Waals surface area contributed by atoms with Gasteiger partial charge in [0.1, 0.15) is 18.2 Å². The summed E-state index contributed by atoms with van der Waals surface area (Å²) in [6.07, 6.45) is 1.38. The van der Waals surface area contributed by atoms with E-state index in [1.165, 1.54) is 42.2 Å². The van der Waals surface area contributed by atoms with E-state index < -0.39 is 17.5 Å². The topological polar surface area (TPSA) is 60.0 Å². The van der Waals surface area contributed by atoms with Gasteiger partial charge >= 0.3 is 0 Å². The largest absolute Gasteiger partial charge is 0.488 e. The van der Waals surface area contributed by atoms with Gasteiger partial charge < -0.3 is 10.5 Å². The molecule has 8 heteroatoms. The van der Waals surface area contributed by atoms with Crippen molar-refractivity contribution in [2.75, 3.05) is 0 Å². The van der Waals surface area contributed by atoms with E-state index in [0.29, 0.717) is 16.9 Å². The molecule has 0 aliphatic rings. The fraction of sp³-hybridized carbons (Fsp3) is 0.0909. The molecule has 0 aliphatic carbocycles. The molecule has 0 fully saturated rings. The molecule has 4 nitrogen and oxygen atoms in total. The Kier molecular flexibility index (Phi) is 7.51. The fourth-order valence-electron chi connectivity index (χ4n) is 2.44. The first kappa shape index (κ1) is 21.4. The molecule has 3 aromatic rings. The highest BCUT2D eigenvalue weighted by Crippen LogP contribution is 2.21. The summed E-state index contributed by atoms with van der Waals surface area (Å²) in [4.78, 5) is 0. The van der Waals surface area contributed by atoms with Crippen molar-refractivity contribution >= 4 is 23.1 Å². The van der Waals surface area contributed by atoms with E-state index in [2.05, 4.69) is 10.2 Å². The molecule has 0 radical (unpaired) electrons. The Morgan fingerprint density at radius 2 is 1.73 bits per heavy atom. The van der Waals surface area contributed by atoms with Gasteiger partial charge in [-0.1, -0.05) is 48.2 Å². The predicted octanol–water partition coefficient (Wildman–Crippen LogP) is 5.26. The van der Waals surface area contributed by atoms with Crippen LogP contribution in [0.5, 0.6) is 5.75 Å². The van der Waals surface area contributed by atoms with Crippen molar-refractivity contribution in [1.29, 1.82) is 0 Å². The monoisotopic (exact) mass is 429 g/mol. The number of nitrogens with two attached hydrogens (primary N) is 1. The van der Waals surface area contributed by atoms with Gasteiger partial charge in [0.25, 0.3) is 0 Å². The minimum absolute atomic E-state index is 0.0696. The van der Waals surface area contributed by atoms with Gasteiger partial charge in [0, 0.05) is 17.4 Å². The molecule has 0 heterocycles. The van der Waals surface area contributed by atoms with Crippen LogP contribution in [0.25, 0.3) is 0 Å². The van der Waals surface area contributed by atoms with Crippen LogP contribution in [0.15, 0.2) is 76.9 Å². The summed E-state index contributed by atoms with van der Waals surface area (Å²) in [6.45, 7) is -0.0696. The van der Waals surface area contributed by atoms with Crippen LogP contribution >= 0.6 is 11.8 Å². The average molecular weight is 429 g/mol. The van der Waals surface area contributed by atoms with E-state index in [-0.39, 0.29) is 17.5 Å². The summed E-state index contributed by atoms with van der Waals surface area (Å²) < 4.78 is 45.5. The molecule has 0 bridgehead atoms. The van der Waals surface area contributed by atoms with Crippen molar-refractivity contribution in [1.82, 2.24) is 0 Å². The van der Waals surface area contributed by atoms with Gasteiger partial charge in [0.05, 0.1) is 6.21 Å². The van der Waals surface area contributed by atoms with Gasteiger partial charge in [-0.25, -0.2) is 13.2 Å². The molecule has 2 N–H and O–H groups in total. The van der Waals surface area contributed by atoms with Crippen LogP contribution in [0.1, 0.15) is 16.7 Å². The summed E-state index contributed by atoms with van der Waals surface area (Å²) in [5.74, 6) is -1.58. The first-order valence-corrected chi connectivity index (χ1v) is 9.89. The van der Waals surface area contributed by atoms with Crippen molar-refractivity contribution in [2.24, 2.45) is 15.9 Å². The number of thioether (sulfide) groups is 1. The summed E-state index contributed by atoms with van der Waals surface area (Å²) in [5, 5.41) is 8.13. The van der Waals surface area contributed by atoms with E-state index in [4.69, 9.17) is 10.5 Å². The molecule has 3 aromatic carbocycles. The van der Waals surface area contributed by atoms with Crippen LogP contribution < -0.4 is 10.5 Å². The standard InChI is InChI=1S/C22H18F3N3OS/c23-18-8-7-17(12-27-28-22(26)30-14-15-4-2-1-3-5-15)21(11-18)29-13-16-6-9-19(24)20(25)10-16/h1-12H,13-14H2,(H2,26,28). The van der Waals surface area contributed by atoms with Crippen molar-refractivity contribution in [3.05, 3.63) is 101 Å². The van der Waals surface area contributed by atoms with E-state index in [0.717, 1.165) is 17.7 Å². The molecule has 0 unspecified atom stereocenters. The Morgan fingerprint density at radius 1 is 0.933 bits per heavy atom. The van der Waals surface area contributed by atoms with Crippen LogP contribution in [-0.2, 0) is 12.4 Å². The lowest BCUT2D eigenvalue weighted by Gasteiger charge is -2.09. The summed E-state index contributed by atoms with van der Waals surface area (Å²) in [6, 6.07) is 17.1. The molecule has 30 heavy (non-hydrogen) atoms. The second-order valence-electron chi connectivity index (χ2n) is 6.18. The molecule has 0 saturated carbocycles. The molecule has 0 spiro atoms. The zero-order valence-corrected chi connectivity index (χ0v) is 16.6. The highest BCUT2D eigenvalue weighted by atomic mass is 32.2. The molecule has 0 aliphatic heterocycles. The second-order valence-corrected chi connectivity index (χ2v) is 7.17. The van der Waals surface area contributed by atoms with Crippen molar-refractivity contribution < 1.29 is 17.9 Å². The number of halogens is 3. The van der Waals surface area contributed by atoms with E-state index in [1.54, 1.807) is 0 Å². The number of hydrogen-bond acceptors (Lipinski definition) is 4. The minimum atomic E-state index is -0.977. The average Bonchev–Trinajstić information content (AvgIpc) is 2.75. The maximum Gasteiger partial charge on any atom is 0.180 e.